The van der Waals surface area contributed by atoms with Gasteiger partial charge in [0.05, 0.1) is 9.75 Å². The third-order valence-electron chi connectivity index (χ3n) is 5.16. The molecule has 0 N–H and O–H groups in total. The molecule has 0 amide bonds. The molecule has 0 fully saturated rings. The van der Waals surface area contributed by atoms with Crippen LogP contribution >= 0.6 is 23.1 Å². The second kappa shape index (κ2) is 13.9. The van der Waals surface area contributed by atoms with Crippen molar-refractivity contribution in [1.82, 2.24) is 0 Å². The summed E-state index contributed by atoms with van der Waals surface area (Å²) < 4.78 is 0. The van der Waals surface area contributed by atoms with Gasteiger partial charge in [0.2, 0.25) is 0 Å². The Balaban J connectivity index is 1.53. The molecule has 0 aliphatic carbocycles. The van der Waals surface area contributed by atoms with Gasteiger partial charge in [0.15, 0.2) is 0 Å². The van der Waals surface area contributed by atoms with Gasteiger partial charge >= 0.3 is 0 Å². The van der Waals surface area contributed by atoms with Crippen LogP contribution in [0.5, 0.6) is 0 Å². The number of thioether (sulfide) groups is 1. The average Bonchev–Trinajstić information content (AvgIpc) is 3.29. The predicted molar refractivity (Wildman–Crippen MR) is 143 cm³/mol. The van der Waals surface area contributed by atoms with E-state index in [9.17, 15) is 0 Å². The van der Waals surface area contributed by atoms with Gasteiger partial charge < -0.3 is 0 Å². The van der Waals surface area contributed by atoms with Crippen molar-refractivity contribution >= 4 is 23.1 Å². The first-order valence-corrected chi connectivity index (χ1v) is 13.5. The topological polar surface area (TPSA) is 0 Å². The molecule has 0 saturated heterocycles. The molecule has 164 valence electrons. The van der Waals surface area contributed by atoms with Gasteiger partial charge in [-0.2, -0.15) is 0 Å². The Labute approximate surface area is 202 Å². The molecule has 3 aromatic rings. The van der Waals surface area contributed by atoms with Gasteiger partial charge in [-0.25, -0.2) is 0 Å². The zero-order valence-electron chi connectivity index (χ0n) is 19.2. The molecule has 0 saturated carbocycles. The van der Waals surface area contributed by atoms with Crippen LogP contribution in [0.3, 0.4) is 0 Å². The minimum absolute atomic E-state index is 1.05. The van der Waals surface area contributed by atoms with Crippen LogP contribution in [0.15, 0.2) is 65.6 Å². The van der Waals surface area contributed by atoms with Crippen molar-refractivity contribution in [2.24, 2.45) is 0 Å². The highest BCUT2D eigenvalue weighted by Gasteiger charge is 1.97. The molecule has 0 radical (unpaired) electrons. The first-order chi connectivity index (χ1) is 15.8. The molecule has 0 spiro atoms. The molecule has 0 nitrogen and oxygen atoms in total. The van der Waals surface area contributed by atoms with Crippen molar-refractivity contribution in [3.63, 3.8) is 0 Å². The van der Waals surface area contributed by atoms with E-state index in [-0.39, 0.29) is 0 Å². The fourth-order valence-electron chi connectivity index (χ4n) is 3.25. The quantitative estimate of drug-likeness (QED) is 0.176. The van der Waals surface area contributed by atoms with Crippen LogP contribution in [-0.2, 0) is 6.42 Å². The fourth-order valence-corrected chi connectivity index (χ4v) is 4.88. The lowest BCUT2D eigenvalue weighted by Gasteiger charge is -2.00. The number of hydrogen-bond donors (Lipinski definition) is 0. The normalized spacial score (nSPS) is 10.2. The van der Waals surface area contributed by atoms with Crippen LogP contribution < -0.4 is 0 Å². The van der Waals surface area contributed by atoms with Gasteiger partial charge in [0, 0.05) is 16.0 Å². The highest BCUT2D eigenvalue weighted by Crippen LogP contribution is 2.20. The maximum atomic E-state index is 3.29. The van der Waals surface area contributed by atoms with Gasteiger partial charge in [-0.15, -0.1) is 23.1 Å². The lowest BCUT2D eigenvalue weighted by atomic mass is 10.1. The summed E-state index contributed by atoms with van der Waals surface area (Å²) in [6.45, 7) is 4.49. The average molecular weight is 457 g/mol. The molecule has 0 atom stereocenters. The van der Waals surface area contributed by atoms with Crippen molar-refractivity contribution in [3.8, 4) is 23.7 Å². The van der Waals surface area contributed by atoms with Crippen molar-refractivity contribution in [2.75, 3.05) is 5.75 Å². The minimum Gasteiger partial charge on any atom is -0.126 e. The van der Waals surface area contributed by atoms with Crippen LogP contribution in [0.25, 0.3) is 0 Å². The van der Waals surface area contributed by atoms with Crippen molar-refractivity contribution < 1.29 is 0 Å². The fraction of sp³-hybridized carbons (Fsp3) is 0.333. The minimum atomic E-state index is 1.05. The Hall–Kier alpha value is -2.39. The molecule has 0 aliphatic rings. The highest BCUT2D eigenvalue weighted by atomic mass is 32.2. The number of aryl methyl sites for hydroxylation is 1. The SMILES string of the molecule is CCCCCSc1ccc(C#Cc2ccc(C#Cc3ccc(CCCCC)cc3)s2)cc1. The van der Waals surface area contributed by atoms with Gasteiger partial charge in [0.25, 0.3) is 0 Å². The monoisotopic (exact) mass is 456 g/mol. The molecule has 3 rings (SSSR count). The molecule has 32 heavy (non-hydrogen) atoms. The Morgan fingerprint density at radius 3 is 1.78 bits per heavy atom. The molecule has 1 heterocycles. The Morgan fingerprint density at radius 1 is 0.625 bits per heavy atom. The zero-order valence-corrected chi connectivity index (χ0v) is 20.9. The maximum Gasteiger partial charge on any atom is 0.0785 e. The standard InChI is InChI=1S/C30H32S2/c1-3-5-7-9-25-10-12-26(13-11-25)16-20-29-22-23-30(32-29)21-17-27-14-18-28(19-15-27)31-24-8-6-4-2/h10-15,18-19,22-23H,3-9,24H2,1-2H3. The summed E-state index contributed by atoms with van der Waals surface area (Å²) >= 11 is 3.59. The van der Waals surface area contributed by atoms with E-state index in [2.05, 4.69) is 98.2 Å². The van der Waals surface area contributed by atoms with E-state index in [1.807, 2.05) is 11.8 Å². The Kier molecular flexibility index (Phi) is 10.5. The van der Waals surface area contributed by atoms with E-state index in [0.717, 1.165) is 27.3 Å². The lowest BCUT2D eigenvalue weighted by Crippen LogP contribution is -1.85. The van der Waals surface area contributed by atoms with Gasteiger partial charge in [-0.05, 0) is 79.1 Å². The summed E-state index contributed by atoms with van der Waals surface area (Å²) in [5.41, 5.74) is 3.53. The third kappa shape index (κ3) is 8.63. The zero-order chi connectivity index (χ0) is 22.4. The predicted octanol–water partition coefficient (Wildman–Crippen LogP) is 8.56. The second-order valence-corrected chi connectivity index (χ2v) is 10.1. The third-order valence-corrected chi connectivity index (χ3v) is 7.17. The summed E-state index contributed by atoms with van der Waals surface area (Å²) in [6.07, 6.45) is 8.87. The highest BCUT2D eigenvalue weighted by molar-refractivity contribution is 7.99. The molecule has 1 aromatic heterocycles. The van der Waals surface area contributed by atoms with Crippen LogP contribution in [-0.4, -0.2) is 5.75 Å². The molecule has 2 aromatic carbocycles. The lowest BCUT2D eigenvalue weighted by molar-refractivity contribution is 0.717. The number of thiophene rings is 1. The first-order valence-electron chi connectivity index (χ1n) is 11.7. The number of rotatable bonds is 9. The van der Waals surface area contributed by atoms with Crippen LogP contribution in [0.4, 0.5) is 0 Å². The van der Waals surface area contributed by atoms with Gasteiger partial charge in [-0.1, -0.05) is 75.3 Å². The van der Waals surface area contributed by atoms with Gasteiger partial charge in [-0.3, -0.25) is 0 Å². The molecule has 0 unspecified atom stereocenters. The molecular formula is C30H32S2. The Morgan fingerprint density at radius 2 is 1.19 bits per heavy atom. The van der Waals surface area contributed by atoms with Crippen LogP contribution in [0.2, 0.25) is 0 Å². The molecule has 0 bridgehead atoms. The van der Waals surface area contributed by atoms with Crippen molar-refractivity contribution in [2.45, 2.75) is 63.7 Å². The summed E-state index contributed by atoms with van der Waals surface area (Å²) in [5, 5.41) is 0. The van der Waals surface area contributed by atoms with Crippen molar-refractivity contribution in [1.29, 1.82) is 0 Å². The molecule has 2 heteroatoms. The summed E-state index contributed by atoms with van der Waals surface area (Å²) in [6, 6.07) is 21.4. The van der Waals surface area contributed by atoms with Crippen LogP contribution in [0.1, 0.15) is 78.8 Å². The van der Waals surface area contributed by atoms with E-state index in [0.29, 0.717) is 0 Å². The Bertz CT molecular complexity index is 1060. The largest absolute Gasteiger partial charge is 0.126 e. The molecule has 0 aliphatic heterocycles. The second-order valence-electron chi connectivity index (χ2n) is 7.90. The van der Waals surface area contributed by atoms with E-state index in [1.54, 1.807) is 11.3 Å². The van der Waals surface area contributed by atoms with Crippen molar-refractivity contribution in [3.05, 3.63) is 87.1 Å². The van der Waals surface area contributed by atoms with Crippen LogP contribution in [0, 0.1) is 23.7 Å². The smallest absolute Gasteiger partial charge is 0.0785 e. The maximum absolute atomic E-state index is 3.29. The van der Waals surface area contributed by atoms with E-state index in [4.69, 9.17) is 0 Å². The number of benzene rings is 2. The summed E-state index contributed by atoms with van der Waals surface area (Å²) in [5.74, 6) is 14.3. The summed E-state index contributed by atoms with van der Waals surface area (Å²) in [4.78, 5) is 3.44. The number of unbranched alkanes of at least 4 members (excludes halogenated alkanes) is 4. The van der Waals surface area contributed by atoms with E-state index < -0.39 is 0 Å². The van der Waals surface area contributed by atoms with E-state index in [1.165, 1.54) is 54.7 Å². The summed E-state index contributed by atoms with van der Waals surface area (Å²) in [7, 11) is 0. The molecular weight excluding hydrogens is 424 g/mol. The first kappa shape index (κ1) is 24.3. The van der Waals surface area contributed by atoms with E-state index >= 15 is 0 Å². The van der Waals surface area contributed by atoms with Gasteiger partial charge in [0.1, 0.15) is 0 Å². The number of hydrogen-bond acceptors (Lipinski definition) is 2.